The number of aromatic nitrogens is 2. The van der Waals surface area contributed by atoms with E-state index in [1.165, 1.54) is 12.1 Å². The summed E-state index contributed by atoms with van der Waals surface area (Å²) in [6.07, 6.45) is 2.68. The molecule has 7 nitrogen and oxygen atoms in total. The topological polar surface area (TPSA) is 76.5 Å². The molecule has 0 saturated carbocycles. The third-order valence-corrected chi connectivity index (χ3v) is 6.39. The highest BCUT2D eigenvalue weighted by molar-refractivity contribution is 5.95. The molecule has 0 bridgehead atoms. The second kappa shape index (κ2) is 9.15. The Morgan fingerprint density at radius 1 is 1.03 bits per heavy atom. The van der Waals surface area contributed by atoms with Crippen molar-refractivity contribution in [1.29, 1.82) is 0 Å². The average Bonchev–Trinajstić information content (AvgIpc) is 3.29. The second-order valence-electron chi connectivity index (χ2n) is 8.44. The molecular weight excluding hydrogens is 423 g/mol. The monoisotopic (exact) mass is 448 g/mol. The van der Waals surface area contributed by atoms with E-state index in [-0.39, 0.29) is 29.5 Å². The standard InChI is InChI=1S/C25H25FN4O3/c26-19-8-4-5-9-20(19)28-24(31)18-10-12-29(13-11-18)25(32)23-21-15-33-22(14-30(21)16-27-23)17-6-2-1-3-7-17/h1-9,16,18,22H,10-15H2,(H,28,31)/t22-/m1/s1. The van der Waals surface area contributed by atoms with Gasteiger partial charge in [0, 0.05) is 19.0 Å². The Balaban J connectivity index is 1.20. The van der Waals surface area contributed by atoms with Gasteiger partial charge in [0.1, 0.15) is 11.9 Å². The molecule has 0 spiro atoms. The number of para-hydroxylation sites is 1. The van der Waals surface area contributed by atoms with Crippen LogP contribution in [0.2, 0.25) is 0 Å². The lowest BCUT2D eigenvalue weighted by atomic mass is 9.95. The first-order chi connectivity index (χ1) is 16.1. The molecule has 2 amide bonds. The summed E-state index contributed by atoms with van der Waals surface area (Å²) < 4.78 is 21.8. The zero-order valence-electron chi connectivity index (χ0n) is 18.1. The van der Waals surface area contributed by atoms with Gasteiger partial charge in [-0.1, -0.05) is 42.5 Å². The minimum absolute atomic E-state index is 0.0699. The molecule has 2 aliphatic heterocycles. The third kappa shape index (κ3) is 4.39. The molecule has 1 atom stereocenters. The molecule has 2 aliphatic rings. The number of carbonyl (C=O) groups excluding carboxylic acids is 2. The van der Waals surface area contributed by atoms with Crippen molar-refractivity contribution in [3.8, 4) is 0 Å². The normalized spacial score (nSPS) is 18.6. The molecule has 1 fully saturated rings. The van der Waals surface area contributed by atoms with Gasteiger partial charge in [0.25, 0.3) is 5.91 Å². The number of hydrogen-bond acceptors (Lipinski definition) is 4. The fourth-order valence-electron chi connectivity index (χ4n) is 4.47. The maximum absolute atomic E-state index is 13.8. The summed E-state index contributed by atoms with van der Waals surface area (Å²) in [5.41, 5.74) is 2.47. The summed E-state index contributed by atoms with van der Waals surface area (Å²) in [7, 11) is 0. The summed E-state index contributed by atoms with van der Waals surface area (Å²) in [6, 6.07) is 16.1. The molecular formula is C25H25FN4O3. The van der Waals surface area contributed by atoms with Gasteiger partial charge in [0.2, 0.25) is 5.91 Å². The summed E-state index contributed by atoms with van der Waals surface area (Å²) >= 11 is 0. The Morgan fingerprint density at radius 2 is 1.76 bits per heavy atom. The van der Waals surface area contributed by atoms with Gasteiger partial charge in [-0.2, -0.15) is 0 Å². The van der Waals surface area contributed by atoms with Gasteiger partial charge < -0.3 is 19.5 Å². The van der Waals surface area contributed by atoms with Crippen molar-refractivity contribution in [1.82, 2.24) is 14.5 Å². The molecule has 0 radical (unpaired) electrons. The van der Waals surface area contributed by atoms with Crippen LogP contribution in [0.3, 0.4) is 0 Å². The Hall–Kier alpha value is -3.52. The average molecular weight is 448 g/mol. The first-order valence-corrected chi connectivity index (χ1v) is 11.2. The van der Waals surface area contributed by atoms with Crippen LogP contribution in [0.15, 0.2) is 60.9 Å². The number of rotatable bonds is 4. The number of ether oxygens (including phenoxy) is 1. The molecule has 8 heteroatoms. The lowest BCUT2D eigenvalue weighted by Gasteiger charge is -2.31. The number of anilines is 1. The van der Waals surface area contributed by atoms with Crippen LogP contribution in [0, 0.1) is 11.7 Å². The molecule has 1 aromatic heterocycles. The first kappa shape index (κ1) is 21.3. The fourth-order valence-corrected chi connectivity index (χ4v) is 4.47. The number of benzene rings is 2. The molecule has 170 valence electrons. The smallest absolute Gasteiger partial charge is 0.274 e. The summed E-state index contributed by atoms with van der Waals surface area (Å²) in [5.74, 6) is -1.08. The summed E-state index contributed by atoms with van der Waals surface area (Å²) in [5, 5.41) is 2.66. The molecule has 0 aliphatic carbocycles. The molecule has 33 heavy (non-hydrogen) atoms. The van der Waals surface area contributed by atoms with Crippen molar-refractivity contribution in [2.24, 2.45) is 5.92 Å². The lowest BCUT2D eigenvalue weighted by molar-refractivity contribution is -0.121. The number of piperidine rings is 1. The van der Waals surface area contributed by atoms with E-state index in [4.69, 9.17) is 4.74 Å². The Morgan fingerprint density at radius 3 is 2.52 bits per heavy atom. The van der Waals surface area contributed by atoms with E-state index >= 15 is 0 Å². The van der Waals surface area contributed by atoms with Crippen molar-refractivity contribution in [3.05, 3.63) is 83.7 Å². The van der Waals surface area contributed by atoms with Crippen LogP contribution in [0.4, 0.5) is 10.1 Å². The summed E-state index contributed by atoms with van der Waals surface area (Å²) in [6.45, 7) is 1.84. The highest BCUT2D eigenvalue weighted by Crippen LogP contribution is 2.29. The molecule has 0 unspecified atom stereocenters. The Labute approximate surface area is 191 Å². The Bertz CT molecular complexity index is 1160. The number of likely N-dealkylation sites (tertiary alicyclic amines) is 1. The zero-order chi connectivity index (χ0) is 22.8. The van der Waals surface area contributed by atoms with E-state index < -0.39 is 5.82 Å². The summed E-state index contributed by atoms with van der Waals surface area (Å²) in [4.78, 5) is 31.8. The third-order valence-electron chi connectivity index (χ3n) is 6.39. The highest BCUT2D eigenvalue weighted by Gasteiger charge is 2.32. The van der Waals surface area contributed by atoms with Gasteiger partial charge in [-0.25, -0.2) is 9.37 Å². The van der Waals surface area contributed by atoms with Gasteiger partial charge in [-0.15, -0.1) is 0 Å². The lowest BCUT2D eigenvalue weighted by Crippen LogP contribution is -2.42. The van der Waals surface area contributed by atoms with Crippen molar-refractivity contribution >= 4 is 17.5 Å². The van der Waals surface area contributed by atoms with E-state index in [0.717, 1.165) is 11.3 Å². The van der Waals surface area contributed by atoms with Crippen LogP contribution < -0.4 is 5.32 Å². The predicted molar refractivity (Wildman–Crippen MR) is 120 cm³/mol. The van der Waals surface area contributed by atoms with Crippen LogP contribution in [-0.4, -0.2) is 39.4 Å². The van der Waals surface area contributed by atoms with E-state index in [2.05, 4.69) is 10.3 Å². The van der Waals surface area contributed by atoms with Crippen LogP contribution in [0.25, 0.3) is 0 Å². The number of carbonyl (C=O) groups is 2. The predicted octanol–water partition coefficient (Wildman–Crippen LogP) is 3.78. The van der Waals surface area contributed by atoms with Crippen LogP contribution in [0.1, 0.15) is 40.7 Å². The largest absolute Gasteiger partial charge is 0.365 e. The number of imidazole rings is 1. The minimum Gasteiger partial charge on any atom is -0.365 e. The van der Waals surface area contributed by atoms with Gasteiger partial charge in [-0.3, -0.25) is 9.59 Å². The fraction of sp³-hybridized carbons (Fsp3) is 0.320. The number of nitrogens with one attached hydrogen (secondary N) is 1. The molecule has 3 aromatic rings. The van der Waals surface area contributed by atoms with Crippen molar-refractivity contribution in [2.75, 3.05) is 18.4 Å². The van der Waals surface area contributed by atoms with Crippen molar-refractivity contribution in [2.45, 2.75) is 32.1 Å². The molecule has 1 N–H and O–H groups in total. The number of hydrogen-bond donors (Lipinski definition) is 1. The number of nitrogens with zero attached hydrogens (tertiary/aromatic N) is 3. The van der Waals surface area contributed by atoms with E-state index in [1.54, 1.807) is 23.4 Å². The molecule has 1 saturated heterocycles. The van der Waals surface area contributed by atoms with Gasteiger partial charge in [0.05, 0.1) is 30.9 Å². The SMILES string of the molecule is O=C(Nc1ccccc1F)C1CCN(C(=O)c2ncn3c2CO[C@@H](c2ccccc2)C3)CC1. The number of fused-ring (bicyclic) bond motifs is 1. The quantitative estimate of drug-likeness (QED) is 0.659. The second-order valence-corrected chi connectivity index (χ2v) is 8.44. The maximum atomic E-state index is 13.8. The van der Waals surface area contributed by atoms with E-state index in [1.807, 2.05) is 34.9 Å². The van der Waals surface area contributed by atoms with Crippen LogP contribution >= 0.6 is 0 Å². The van der Waals surface area contributed by atoms with Crippen LogP contribution in [-0.2, 0) is 22.7 Å². The van der Waals surface area contributed by atoms with E-state index in [0.29, 0.717) is 44.8 Å². The number of amides is 2. The number of halogens is 1. The zero-order valence-corrected chi connectivity index (χ0v) is 18.1. The molecule has 2 aromatic carbocycles. The van der Waals surface area contributed by atoms with Crippen LogP contribution in [0.5, 0.6) is 0 Å². The van der Waals surface area contributed by atoms with Gasteiger partial charge in [0.15, 0.2) is 5.69 Å². The van der Waals surface area contributed by atoms with Crippen molar-refractivity contribution < 1.29 is 18.7 Å². The van der Waals surface area contributed by atoms with Crippen molar-refractivity contribution in [3.63, 3.8) is 0 Å². The minimum atomic E-state index is -0.459. The van der Waals surface area contributed by atoms with E-state index in [9.17, 15) is 14.0 Å². The maximum Gasteiger partial charge on any atom is 0.274 e. The Kier molecular flexibility index (Phi) is 5.92. The highest BCUT2D eigenvalue weighted by atomic mass is 19.1. The van der Waals surface area contributed by atoms with Gasteiger partial charge in [-0.05, 0) is 30.5 Å². The first-order valence-electron chi connectivity index (χ1n) is 11.2. The van der Waals surface area contributed by atoms with Gasteiger partial charge >= 0.3 is 0 Å². The molecule has 5 rings (SSSR count). The molecule has 3 heterocycles.